The summed E-state index contributed by atoms with van der Waals surface area (Å²) in [6, 6.07) is 0. The number of nitrogens with zero attached hydrogens (tertiary/aromatic N) is 2. The number of hydrogen-bond acceptors (Lipinski definition) is 3. The summed E-state index contributed by atoms with van der Waals surface area (Å²) in [6.07, 6.45) is -0.230. The van der Waals surface area contributed by atoms with Gasteiger partial charge >= 0.3 is 6.09 Å². The van der Waals surface area contributed by atoms with Gasteiger partial charge in [-0.15, -0.1) is 0 Å². The molecule has 0 aliphatic carbocycles. The van der Waals surface area contributed by atoms with Crippen LogP contribution in [0.3, 0.4) is 0 Å². The average Bonchev–Trinajstić information content (AvgIpc) is 2.69. The Morgan fingerprint density at radius 2 is 1.44 bits per heavy atom. The van der Waals surface area contributed by atoms with Gasteiger partial charge in [-0.25, -0.2) is 4.79 Å². The minimum absolute atomic E-state index is 0.133. The van der Waals surface area contributed by atoms with Crippen LogP contribution in [0.2, 0.25) is 0 Å². The van der Waals surface area contributed by atoms with Crippen molar-refractivity contribution in [3.8, 4) is 0 Å². The van der Waals surface area contributed by atoms with Crippen LogP contribution in [0.15, 0.2) is 0 Å². The lowest BCUT2D eigenvalue weighted by atomic mass is 10.0. The maximum Gasteiger partial charge on any atom is 0.410 e. The number of rotatable bonds is 0. The van der Waals surface area contributed by atoms with Crippen LogP contribution in [0.25, 0.3) is 0 Å². The molecule has 2 atom stereocenters. The van der Waals surface area contributed by atoms with E-state index in [2.05, 4.69) is 0 Å². The second-order valence-corrected chi connectivity index (χ2v) is 6.33. The van der Waals surface area contributed by atoms with E-state index >= 15 is 0 Å². The molecule has 2 saturated heterocycles. The first-order chi connectivity index (χ1) is 8.26. The normalized spacial score (nSPS) is 27.3. The van der Waals surface area contributed by atoms with Gasteiger partial charge in [-0.3, -0.25) is 4.79 Å². The van der Waals surface area contributed by atoms with E-state index in [0.717, 1.165) is 13.1 Å². The SMILES string of the molecule is CC(=O)N1CC2CN(C(=O)OC(C)(C)C)C[C@H]2C1. The third kappa shape index (κ3) is 2.76. The van der Waals surface area contributed by atoms with E-state index in [0.29, 0.717) is 24.9 Å². The maximum absolute atomic E-state index is 11.9. The van der Waals surface area contributed by atoms with Crippen molar-refractivity contribution in [1.82, 2.24) is 9.80 Å². The van der Waals surface area contributed by atoms with Crippen molar-refractivity contribution in [3.05, 3.63) is 0 Å². The van der Waals surface area contributed by atoms with E-state index in [-0.39, 0.29) is 12.0 Å². The summed E-state index contributed by atoms with van der Waals surface area (Å²) in [7, 11) is 0. The van der Waals surface area contributed by atoms with Crippen LogP contribution in [0.5, 0.6) is 0 Å². The molecule has 0 spiro atoms. The fourth-order valence-corrected chi connectivity index (χ4v) is 2.73. The van der Waals surface area contributed by atoms with Crippen molar-refractivity contribution >= 4 is 12.0 Å². The number of carbonyl (C=O) groups excluding carboxylic acids is 2. The van der Waals surface area contributed by atoms with Gasteiger partial charge in [-0.1, -0.05) is 0 Å². The van der Waals surface area contributed by atoms with Gasteiger partial charge in [0.2, 0.25) is 5.91 Å². The lowest BCUT2D eigenvalue weighted by molar-refractivity contribution is -0.128. The Morgan fingerprint density at radius 3 is 1.83 bits per heavy atom. The van der Waals surface area contributed by atoms with Crippen LogP contribution in [0.1, 0.15) is 27.7 Å². The first-order valence-electron chi connectivity index (χ1n) is 6.49. The van der Waals surface area contributed by atoms with Crippen molar-refractivity contribution < 1.29 is 14.3 Å². The minimum atomic E-state index is -0.444. The maximum atomic E-state index is 11.9. The van der Waals surface area contributed by atoms with Crippen LogP contribution in [-0.2, 0) is 9.53 Å². The number of likely N-dealkylation sites (tertiary alicyclic amines) is 2. The predicted molar refractivity (Wildman–Crippen MR) is 67.0 cm³/mol. The highest BCUT2D eigenvalue weighted by molar-refractivity contribution is 5.74. The van der Waals surface area contributed by atoms with Crippen LogP contribution < -0.4 is 0 Å². The van der Waals surface area contributed by atoms with Gasteiger partial charge in [0.05, 0.1) is 0 Å². The number of ether oxygens (including phenoxy) is 1. The summed E-state index contributed by atoms with van der Waals surface area (Å²) in [6.45, 7) is 10.2. The largest absolute Gasteiger partial charge is 0.444 e. The standard InChI is InChI=1S/C13H22N2O3/c1-9(16)14-5-10-7-15(8-11(10)6-14)12(17)18-13(2,3)4/h10-11H,5-8H2,1-4H3/t10-,11?/m1/s1. The molecule has 2 amide bonds. The smallest absolute Gasteiger partial charge is 0.410 e. The molecule has 5 nitrogen and oxygen atoms in total. The molecule has 2 aliphatic heterocycles. The van der Waals surface area contributed by atoms with Crippen molar-refractivity contribution in [1.29, 1.82) is 0 Å². The average molecular weight is 254 g/mol. The molecule has 0 N–H and O–H groups in total. The van der Waals surface area contributed by atoms with Gasteiger partial charge in [0.1, 0.15) is 5.60 Å². The molecular weight excluding hydrogens is 232 g/mol. The summed E-state index contributed by atoms with van der Waals surface area (Å²) in [5.74, 6) is 0.969. The van der Waals surface area contributed by atoms with Gasteiger partial charge in [0.25, 0.3) is 0 Å². The molecule has 1 unspecified atom stereocenters. The van der Waals surface area contributed by atoms with E-state index in [9.17, 15) is 9.59 Å². The zero-order chi connectivity index (χ0) is 13.5. The molecule has 0 saturated carbocycles. The Morgan fingerprint density at radius 1 is 1.00 bits per heavy atom. The summed E-state index contributed by atoms with van der Waals surface area (Å²) >= 11 is 0. The first kappa shape index (κ1) is 13.2. The Bertz CT molecular complexity index is 348. The van der Waals surface area contributed by atoms with E-state index in [1.807, 2.05) is 25.7 Å². The van der Waals surface area contributed by atoms with Crippen LogP contribution >= 0.6 is 0 Å². The number of amides is 2. The Balaban J connectivity index is 1.89. The quantitative estimate of drug-likeness (QED) is 0.655. The molecule has 0 aromatic carbocycles. The molecule has 0 radical (unpaired) electrons. The lowest BCUT2D eigenvalue weighted by Crippen LogP contribution is -2.38. The van der Waals surface area contributed by atoms with Gasteiger partial charge in [-0.05, 0) is 20.8 Å². The fourth-order valence-electron chi connectivity index (χ4n) is 2.73. The molecule has 0 aromatic rings. The third-order valence-corrected chi connectivity index (χ3v) is 3.58. The van der Waals surface area contributed by atoms with Gasteiger partial charge < -0.3 is 14.5 Å². The van der Waals surface area contributed by atoms with E-state index in [1.54, 1.807) is 11.8 Å². The van der Waals surface area contributed by atoms with E-state index < -0.39 is 5.60 Å². The summed E-state index contributed by atoms with van der Waals surface area (Å²) in [5.41, 5.74) is -0.444. The highest BCUT2D eigenvalue weighted by atomic mass is 16.6. The van der Waals surface area contributed by atoms with Crippen molar-refractivity contribution in [3.63, 3.8) is 0 Å². The molecular formula is C13H22N2O3. The van der Waals surface area contributed by atoms with Gasteiger partial charge in [0.15, 0.2) is 0 Å². The fraction of sp³-hybridized carbons (Fsp3) is 0.846. The highest BCUT2D eigenvalue weighted by Gasteiger charge is 2.43. The molecule has 18 heavy (non-hydrogen) atoms. The summed E-state index contributed by atoms with van der Waals surface area (Å²) in [5, 5.41) is 0. The highest BCUT2D eigenvalue weighted by Crippen LogP contribution is 2.31. The molecule has 2 heterocycles. The predicted octanol–water partition coefficient (Wildman–Crippen LogP) is 1.33. The van der Waals surface area contributed by atoms with Crippen LogP contribution in [0.4, 0.5) is 4.79 Å². The van der Waals surface area contributed by atoms with Crippen LogP contribution in [0, 0.1) is 11.8 Å². The second kappa shape index (κ2) is 4.44. The van der Waals surface area contributed by atoms with Crippen molar-refractivity contribution in [2.75, 3.05) is 26.2 Å². The molecule has 0 aromatic heterocycles. The van der Waals surface area contributed by atoms with E-state index in [4.69, 9.17) is 4.74 Å². The second-order valence-electron chi connectivity index (χ2n) is 6.33. The molecule has 2 rings (SSSR count). The number of fused-ring (bicyclic) bond motifs is 1. The van der Waals surface area contributed by atoms with E-state index in [1.165, 1.54) is 0 Å². The summed E-state index contributed by atoms with van der Waals surface area (Å²) < 4.78 is 5.37. The van der Waals surface area contributed by atoms with Crippen molar-refractivity contribution in [2.45, 2.75) is 33.3 Å². The molecule has 2 fully saturated rings. The molecule has 5 heteroatoms. The monoisotopic (exact) mass is 254 g/mol. The van der Waals surface area contributed by atoms with Crippen LogP contribution in [-0.4, -0.2) is 53.6 Å². The molecule has 0 bridgehead atoms. The van der Waals surface area contributed by atoms with Gasteiger partial charge in [-0.2, -0.15) is 0 Å². The van der Waals surface area contributed by atoms with Crippen molar-refractivity contribution in [2.24, 2.45) is 11.8 Å². The zero-order valence-electron chi connectivity index (χ0n) is 11.6. The number of carbonyl (C=O) groups is 2. The lowest BCUT2D eigenvalue weighted by Gasteiger charge is -2.25. The first-order valence-corrected chi connectivity index (χ1v) is 6.49. The Kier molecular flexibility index (Phi) is 3.25. The topological polar surface area (TPSA) is 49.9 Å². The number of hydrogen-bond donors (Lipinski definition) is 0. The third-order valence-electron chi connectivity index (χ3n) is 3.58. The Hall–Kier alpha value is -1.26. The molecule has 2 aliphatic rings. The molecule has 102 valence electrons. The van der Waals surface area contributed by atoms with Gasteiger partial charge in [0, 0.05) is 44.9 Å². The Labute approximate surface area is 108 Å². The summed E-state index contributed by atoms with van der Waals surface area (Å²) in [4.78, 5) is 26.9. The zero-order valence-corrected chi connectivity index (χ0v) is 11.6. The minimum Gasteiger partial charge on any atom is -0.444 e.